The number of pyridine rings is 1. The Morgan fingerprint density at radius 3 is 2.81 bits per heavy atom. The van der Waals surface area contributed by atoms with Crippen LogP contribution >= 0.6 is 0 Å². The molecule has 1 aromatic heterocycles. The zero-order valence-corrected chi connectivity index (χ0v) is 10.4. The van der Waals surface area contributed by atoms with E-state index in [4.69, 9.17) is 0 Å². The van der Waals surface area contributed by atoms with Crippen molar-refractivity contribution >= 4 is 0 Å². The Balaban J connectivity index is 1.90. The van der Waals surface area contributed by atoms with Crippen LogP contribution in [0.2, 0.25) is 0 Å². The number of hydrogen-bond acceptors (Lipinski definition) is 2. The predicted octanol–water partition coefficient (Wildman–Crippen LogP) is 2.71. The molecule has 1 atom stereocenters. The molecule has 0 bridgehead atoms. The second-order valence-electron chi connectivity index (χ2n) is 4.96. The maximum Gasteiger partial charge on any atom is 0.0419 e. The van der Waals surface area contributed by atoms with Crippen LogP contribution in [0.4, 0.5) is 0 Å². The molecule has 0 amide bonds. The van der Waals surface area contributed by atoms with Gasteiger partial charge in [0.2, 0.25) is 0 Å². The first-order chi connectivity index (χ1) is 7.78. The van der Waals surface area contributed by atoms with Gasteiger partial charge in [-0.1, -0.05) is 25.8 Å². The first kappa shape index (κ1) is 11.6. The van der Waals surface area contributed by atoms with Gasteiger partial charge in [-0.3, -0.25) is 4.98 Å². The van der Waals surface area contributed by atoms with E-state index in [1.54, 1.807) is 0 Å². The number of rotatable bonds is 6. The Kier molecular flexibility index (Phi) is 3.94. The third kappa shape index (κ3) is 3.60. The summed E-state index contributed by atoms with van der Waals surface area (Å²) in [5, 5.41) is 3.58. The first-order valence-electron chi connectivity index (χ1n) is 6.43. The minimum absolute atomic E-state index is 0.618. The van der Waals surface area contributed by atoms with E-state index in [1.165, 1.54) is 30.5 Å². The number of nitrogens with zero attached hydrogens (tertiary/aromatic N) is 1. The second kappa shape index (κ2) is 5.44. The van der Waals surface area contributed by atoms with Gasteiger partial charge in [-0.25, -0.2) is 0 Å². The van der Waals surface area contributed by atoms with Crippen molar-refractivity contribution in [3.63, 3.8) is 0 Å². The van der Waals surface area contributed by atoms with Crippen molar-refractivity contribution in [2.24, 2.45) is 5.92 Å². The highest BCUT2D eigenvalue weighted by molar-refractivity contribution is 5.13. The number of nitrogens with one attached hydrogen (secondary N) is 1. The average molecular weight is 218 g/mol. The first-order valence-corrected chi connectivity index (χ1v) is 6.43. The zero-order valence-electron chi connectivity index (χ0n) is 10.4. The summed E-state index contributed by atoms with van der Waals surface area (Å²) in [6.45, 7) is 5.33. The van der Waals surface area contributed by atoms with E-state index in [0.29, 0.717) is 6.04 Å². The summed E-state index contributed by atoms with van der Waals surface area (Å²) in [6, 6.07) is 4.93. The molecule has 1 aliphatic carbocycles. The van der Waals surface area contributed by atoms with Crippen LogP contribution in [0.1, 0.15) is 37.4 Å². The van der Waals surface area contributed by atoms with Gasteiger partial charge in [-0.2, -0.15) is 0 Å². The molecule has 0 spiro atoms. The van der Waals surface area contributed by atoms with Crippen LogP contribution < -0.4 is 5.32 Å². The predicted molar refractivity (Wildman–Crippen MR) is 67.5 cm³/mol. The molecule has 1 unspecified atom stereocenters. The molecule has 0 aliphatic heterocycles. The van der Waals surface area contributed by atoms with Crippen molar-refractivity contribution in [2.45, 2.75) is 45.6 Å². The largest absolute Gasteiger partial charge is 0.314 e. The van der Waals surface area contributed by atoms with Crippen LogP contribution in [0, 0.1) is 12.8 Å². The Hall–Kier alpha value is -0.890. The average Bonchev–Trinajstić information content (AvgIpc) is 3.06. The van der Waals surface area contributed by atoms with Gasteiger partial charge in [0.05, 0.1) is 0 Å². The highest BCUT2D eigenvalue weighted by Gasteiger charge is 2.25. The van der Waals surface area contributed by atoms with Gasteiger partial charge in [0.25, 0.3) is 0 Å². The quantitative estimate of drug-likeness (QED) is 0.794. The summed E-state index contributed by atoms with van der Waals surface area (Å²) in [7, 11) is 0. The summed E-state index contributed by atoms with van der Waals surface area (Å²) < 4.78 is 0. The molecule has 0 radical (unpaired) electrons. The van der Waals surface area contributed by atoms with Gasteiger partial charge < -0.3 is 5.32 Å². The van der Waals surface area contributed by atoms with Crippen LogP contribution in [-0.4, -0.2) is 17.6 Å². The molecule has 88 valence electrons. The van der Waals surface area contributed by atoms with E-state index < -0.39 is 0 Å². The number of likely N-dealkylation sites (N-methyl/N-ethyl adjacent to an activating group) is 1. The van der Waals surface area contributed by atoms with Crippen molar-refractivity contribution < 1.29 is 0 Å². The van der Waals surface area contributed by atoms with Gasteiger partial charge >= 0.3 is 0 Å². The number of aromatic nitrogens is 1. The van der Waals surface area contributed by atoms with Crippen molar-refractivity contribution in [3.05, 3.63) is 29.6 Å². The molecule has 2 rings (SSSR count). The molecule has 16 heavy (non-hydrogen) atoms. The third-order valence-electron chi connectivity index (χ3n) is 3.24. The molecule has 0 saturated heterocycles. The van der Waals surface area contributed by atoms with Gasteiger partial charge in [-0.05, 0) is 37.4 Å². The summed E-state index contributed by atoms with van der Waals surface area (Å²) in [6.07, 6.45) is 7.23. The summed E-state index contributed by atoms with van der Waals surface area (Å²) in [5.41, 5.74) is 2.46. The van der Waals surface area contributed by atoms with Crippen molar-refractivity contribution in [3.8, 4) is 0 Å². The SMILES string of the molecule is CCNC(Cc1ccc(C)cn1)CC1CC1. The minimum atomic E-state index is 0.618. The molecular weight excluding hydrogens is 196 g/mol. The number of aryl methyl sites for hydroxylation is 1. The normalized spacial score (nSPS) is 17.4. The van der Waals surface area contributed by atoms with Crippen LogP contribution in [0.25, 0.3) is 0 Å². The lowest BCUT2D eigenvalue weighted by Crippen LogP contribution is -2.31. The molecule has 2 heteroatoms. The summed E-state index contributed by atoms with van der Waals surface area (Å²) in [4.78, 5) is 4.49. The zero-order chi connectivity index (χ0) is 11.4. The highest BCUT2D eigenvalue weighted by atomic mass is 14.9. The van der Waals surface area contributed by atoms with Crippen LogP contribution in [0.15, 0.2) is 18.3 Å². The second-order valence-corrected chi connectivity index (χ2v) is 4.96. The maximum absolute atomic E-state index is 4.49. The van der Waals surface area contributed by atoms with E-state index in [0.717, 1.165) is 18.9 Å². The monoisotopic (exact) mass is 218 g/mol. The van der Waals surface area contributed by atoms with E-state index in [-0.39, 0.29) is 0 Å². The van der Waals surface area contributed by atoms with Gasteiger partial charge in [0.15, 0.2) is 0 Å². The molecule has 1 fully saturated rings. The molecule has 1 heterocycles. The van der Waals surface area contributed by atoms with Crippen molar-refractivity contribution in [2.75, 3.05) is 6.54 Å². The van der Waals surface area contributed by atoms with Crippen LogP contribution in [0.3, 0.4) is 0 Å². The fourth-order valence-electron chi connectivity index (χ4n) is 2.16. The van der Waals surface area contributed by atoms with Crippen LogP contribution in [0.5, 0.6) is 0 Å². The lowest BCUT2D eigenvalue weighted by atomic mass is 10.0. The van der Waals surface area contributed by atoms with Gasteiger partial charge in [-0.15, -0.1) is 0 Å². The topological polar surface area (TPSA) is 24.9 Å². The van der Waals surface area contributed by atoms with E-state index in [1.807, 2.05) is 6.20 Å². The molecule has 0 aromatic carbocycles. The standard InChI is InChI=1S/C14H22N2/c1-3-15-14(8-12-5-6-12)9-13-7-4-11(2)10-16-13/h4,7,10,12,14-15H,3,5-6,8-9H2,1-2H3. The fourth-order valence-corrected chi connectivity index (χ4v) is 2.16. The lowest BCUT2D eigenvalue weighted by molar-refractivity contribution is 0.462. The highest BCUT2D eigenvalue weighted by Crippen LogP contribution is 2.34. The van der Waals surface area contributed by atoms with E-state index in [2.05, 4.69) is 36.3 Å². The molecule has 1 aliphatic rings. The minimum Gasteiger partial charge on any atom is -0.314 e. The summed E-state index contributed by atoms with van der Waals surface area (Å²) >= 11 is 0. The van der Waals surface area contributed by atoms with Crippen LogP contribution in [-0.2, 0) is 6.42 Å². The Morgan fingerprint density at radius 2 is 2.25 bits per heavy atom. The Bertz CT molecular complexity index is 314. The van der Waals surface area contributed by atoms with Crippen molar-refractivity contribution in [1.82, 2.24) is 10.3 Å². The molecule has 1 N–H and O–H groups in total. The van der Waals surface area contributed by atoms with E-state index in [9.17, 15) is 0 Å². The lowest BCUT2D eigenvalue weighted by Gasteiger charge is -2.17. The smallest absolute Gasteiger partial charge is 0.0419 e. The maximum atomic E-state index is 4.49. The van der Waals surface area contributed by atoms with E-state index >= 15 is 0 Å². The molecule has 2 nitrogen and oxygen atoms in total. The number of hydrogen-bond donors (Lipinski definition) is 1. The summed E-state index contributed by atoms with van der Waals surface area (Å²) in [5.74, 6) is 0.981. The van der Waals surface area contributed by atoms with Crippen molar-refractivity contribution in [1.29, 1.82) is 0 Å². The Morgan fingerprint density at radius 1 is 1.44 bits per heavy atom. The third-order valence-corrected chi connectivity index (χ3v) is 3.24. The van der Waals surface area contributed by atoms with Gasteiger partial charge in [0, 0.05) is 24.4 Å². The Labute approximate surface area is 98.5 Å². The van der Waals surface area contributed by atoms with Gasteiger partial charge in [0.1, 0.15) is 0 Å². The molecular formula is C14H22N2. The fraction of sp³-hybridized carbons (Fsp3) is 0.643. The molecule has 1 aromatic rings. The molecule has 1 saturated carbocycles.